The normalized spacial score (nSPS) is 11.3. The molecule has 0 unspecified atom stereocenters. The van der Waals surface area contributed by atoms with Crippen molar-refractivity contribution in [2.24, 2.45) is 7.05 Å². The maximum atomic E-state index is 14.6. The second kappa shape index (κ2) is 8.57. The Hall–Kier alpha value is -4.09. The Kier molecular flexibility index (Phi) is 6.05. The van der Waals surface area contributed by atoms with Gasteiger partial charge in [0.2, 0.25) is 11.6 Å². The Morgan fingerprint density at radius 3 is 2.50 bits per heavy atom. The Morgan fingerprint density at radius 1 is 1.25 bits per heavy atom. The predicted molar refractivity (Wildman–Crippen MR) is 108 cm³/mol. The van der Waals surface area contributed by atoms with Crippen LogP contribution >= 0.6 is 0 Å². The first-order valence-corrected chi connectivity index (χ1v) is 9.46. The van der Waals surface area contributed by atoms with Gasteiger partial charge in [-0.1, -0.05) is 34.8 Å². The number of amides is 2. The van der Waals surface area contributed by atoms with E-state index < -0.39 is 40.9 Å². The predicted octanol–water partition coefficient (Wildman–Crippen LogP) is 1.37. The highest BCUT2D eigenvalue weighted by molar-refractivity contribution is 5.94. The minimum atomic E-state index is -1.35. The molecule has 0 aliphatic carbocycles. The number of carbonyl (C=O) groups excluding carboxylic acids is 2. The van der Waals surface area contributed by atoms with Gasteiger partial charge in [0, 0.05) is 14.0 Å². The number of halogens is 1. The fourth-order valence-corrected chi connectivity index (χ4v) is 3.01. The van der Waals surface area contributed by atoms with Crippen LogP contribution in [0.25, 0.3) is 0 Å². The van der Waals surface area contributed by atoms with Crippen LogP contribution in [0.4, 0.5) is 4.48 Å². The molecule has 0 bridgehead atoms. The molecule has 0 aliphatic rings. The van der Waals surface area contributed by atoms with Crippen molar-refractivity contribution in [3.05, 3.63) is 69.5 Å². The molecule has 2 N–H and O–H groups in total. The molecule has 12 heteroatoms. The molecule has 0 atom stereocenters. The molecule has 0 spiro atoms. The summed E-state index contributed by atoms with van der Waals surface area (Å²) < 4.78 is 20.6. The number of hydrogen-bond donors (Lipinski definition) is 2. The number of benzene rings is 1. The minimum Gasteiger partial charge on any atom is -0.501 e. The first kappa shape index (κ1) is 22.6. The smallest absolute Gasteiger partial charge is 0.309 e. The maximum absolute atomic E-state index is 14.6. The zero-order valence-corrected chi connectivity index (χ0v) is 17.8. The van der Waals surface area contributed by atoms with Gasteiger partial charge in [-0.3, -0.25) is 19.0 Å². The van der Waals surface area contributed by atoms with Gasteiger partial charge in [-0.15, -0.1) is 10.2 Å². The maximum Gasteiger partial charge on any atom is 0.309 e. The number of nitrogens with zero attached hydrogens (tertiary/aromatic N) is 5. The van der Waals surface area contributed by atoms with Crippen molar-refractivity contribution in [3.8, 4) is 5.75 Å². The highest BCUT2D eigenvalue weighted by Crippen LogP contribution is 2.22. The van der Waals surface area contributed by atoms with Crippen LogP contribution in [-0.2, 0) is 19.1 Å². The highest BCUT2D eigenvalue weighted by atomic mass is 19.2. The number of hydrogen-bond acceptors (Lipinski definition) is 8. The van der Waals surface area contributed by atoms with Crippen LogP contribution in [0.5, 0.6) is 5.75 Å². The lowest BCUT2D eigenvalue weighted by Gasteiger charge is -2.27. The number of aromatic nitrogens is 4. The van der Waals surface area contributed by atoms with Crippen molar-refractivity contribution in [2.75, 3.05) is 0 Å². The van der Waals surface area contributed by atoms with Gasteiger partial charge in [0.05, 0.1) is 12.1 Å². The summed E-state index contributed by atoms with van der Waals surface area (Å²) in [6, 6.07) is 8.31. The molecule has 168 valence electrons. The third kappa shape index (κ3) is 4.48. The van der Waals surface area contributed by atoms with Crippen LogP contribution in [0.15, 0.2) is 39.5 Å². The molecule has 3 rings (SSSR count). The van der Waals surface area contributed by atoms with Gasteiger partial charge in [-0.05, 0) is 19.4 Å². The molecule has 0 saturated heterocycles. The molecule has 2 amide bonds. The van der Waals surface area contributed by atoms with Crippen LogP contribution in [0.1, 0.15) is 52.3 Å². The van der Waals surface area contributed by atoms with Crippen molar-refractivity contribution in [2.45, 2.75) is 32.9 Å². The zero-order chi connectivity index (χ0) is 23.6. The van der Waals surface area contributed by atoms with Crippen molar-refractivity contribution in [3.63, 3.8) is 0 Å². The Balaban J connectivity index is 1.94. The van der Waals surface area contributed by atoms with Crippen molar-refractivity contribution in [1.82, 2.24) is 30.2 Å². The van der Waals surface area contributed by atoms with Gasteiger partial charge in [0.1, 0.15) is 5.82 Å². The number of rotatable bonds is 6. The van der Waals surface area contributed by atoms with Crippen molar-refractivity contribution >= 4 is 11.8 Å². The van der Waals surface area contributed by atoms with E-state index in [9.17, 15) is 24.0 Å². The van der Waals surface area contributed by atoms with E-state index in [1.807, 2.05) is 0 Å². The second-order valence-corrected chi connectivity index (χ2v) is 7.51. The lowest BCUT2D eigenvalue weighted by molar-refractivity contribution is 0.0138. The fourth-order valence-electron chi connectivity index (χ4n) is 3.01. The summed E-state index contributed by atoms with van der Waals surface area (Å²) in [5.41, 5.74) is -2.62. The topological polar surface area (TPSA) is 143 Å². The lowest BCUT2D eigenvalue weighted by Crippen LogP contribution is -2.46. The van der Waals surface area contributed by atoms with Gasteiger partial charge in [0.25, 0.3) is 5.56 Å². The Bertz CT molecular complexity index is 1220. The first-order valence-electron chi connectivity index (χ1n) is 9.46. The molecule has 2 aromatic heterocycles. The van der Waals surface area contributed by atoms with Gasteiger partial charge < -0.3 is 14.8 Å². The van der Waals surface area contributed by atoms with E-state index in [0.29, 0.717) is 5.56 Å². The van der Waals surface area contributed by atoms with E-state index in [0.717, 1.165) is 4.57 Å². The first-order chi connectivity index (χ1) is 15.0. The molecule has 0 aliphatic heterocycles. The summed E-state index contributed by atoms with van der Waals surface area (Å²) in [4.78, 5) is 41.6. The standard InChI is InChI=1S/C20H21FN6O5/c1-11-24-25-16(32-11)15(29)23-20(2,3)19-22-13(14(28)18(31)26(19)4)17(30)27(21)10-12-8-6-5-7-9-12/h5-9,28H,10H2,1-4H3,(H,23,29). The van der Waals surface area contributed by atoms with E-state index in [-0.39, 0.29) is 22.7 Å². The van der Waals surface area contributed by atoms with Crippen LogP contribution in [-0.4, -0.2) is 41.8 Å². The van der Waals surface area contributed by atoms with Crippen molar-refractivity contribution in [1.29, 1.82) is 0 Å². The Morgan fingerprint density at radius 2 is 1.91 bits per heavy atom. The summed E-state index contributed by atoms with van der Waals surface area (Å²) in [6.07, 6.45) is 0. The SMILES string of the molecule is Cc1nnc(C(=O)NC(C)(C)c2nc(C(=O)N(F)Cc3ccccc3)c(O)c(=O)n2C)o1. The Labute approximate surface area is 181 Å². The largest absolute Gasteiger partial charge is 0.501 e. The van der Waals surface area contributed by atoms with Gasteiger partial charge in [-0.2, -0.15) is 5.12 Å². The van der Waals surface area contributed by atoms with Crippen LogP contribution in [0, 0.1) is 6.92 Å². The molecule has 1 aromatic carbocycles. The number of aryl methyl sites for hydroxylation is 1. The van der Waals surface area contributed by atoms with Crippen molar-refractivity contribution < 1.29 is 23.6 Å². The zero-order valence-electron chi connectivity index (χ0n) is 17.8. The van der Waals surface area contributed by atoms with Crippen LogP contribution < -0.4 is 10.9 Å². The number of nitrogens with one attached hydrogen (secondary N) is 1. The van der Waals surface area contributed by atoms with Gasteiger partial charge in [0.15, 0.2) is 5.69 Å². The minimum absolute atomic E-state index is 0.110. The monoisotopic (exact) mass is 444 g/mol. The third-order valence-electron chi connectivity index (χ3n) is 4.56. The molecule has 11 nitrogen and oxygen atoms in total. The third-order valence-corrected chi connectivity index (χ3v) is 4.56. The van der Waals surface area contributed by atoms with E-state index in [1.54, 1.807) is 30.3 Å². The lowest BCUT2D eigenvalue weighted by atomic mass is 10.0. The summed E-state index contributed by atoms with van der Waals surface area (Å²) in [5, 5.41) is 19.8. The molecule has 3 aromatic rings. The number of carbonyl (C=O) groups is 2. The second-order valence-electron chi connectivity index (χ2n) is 7.51. The molecule has 2 heterocycles. The summed E-state index contributed by atoms with van der Waals surface area (Å²) in [6.45, 7) is 4.09. The molecule has 0 fully saturated rings. The van der Waals surface area contributed by atoms with E-state index in [1.165, 1.54) is 27.8 Å². The fraction of sp³-hybridized carbons (Fsp3) is 0.300. The molecule has 0 saturated carbocycles. The summed E-state index contributed by atoms with van der Waals surface area (Å²) in [5.74, 6) is -3.30. The molecular weight excluding hydrogens is 423 g/mol. The van der Waals surface area contributed by atoms with E-state index in [4.69, 9.17) is 4.42 Å². The average Bonchev–Trinajstić information content (AvgIpc) is 3.18. The molecule has 0 radical (unpaired) electrons. The van der Waals surface area contributed by atoms with Crippen LogP contribution in [0.2, 0.25) is 0 Å². The highest BCUT2D eigenvalue weighted by Gasteiger charge is 2.33. The van der Waals surface area contributed by atoms with E-state index in [2.05, 4.69) is 20.5 Å². The number of aromatic hydroxyl groups is 1. The molecule has 32 heavy (non-hydrogen) atoms. The van der Waals surface area contributed by atoms with Gasteiger partial charge >= 0.3 is 17.7 Å². The quantitative estimate of drug-likeness (QED) is 0.543. The summed E-state index contributed by atoms with van der Waals surface area (Å²) >= 11 is 0. The molecular formula is C20H21FN6O5. The van der Waals surface area contributed by atoms with Crippen LogP contribution in [0.3, 0.4) is 0 Å². The van der Waals surface area contributed by atoms with E-state index >= 15 is 0 Å². The summed E-state index contributed by atoms with van der Waals surface area (Å²) in [7, 11) is 1.29. The average molecular weight is 444 g/mol. The van der Waals surface area contributed by atoms with Gasteiger partial charge in [-0.25, -0.2) is 4.98 Å².